The van der Waals surface area contributed by atoms with Crippen LogP contribution < -0.4 is 9.62 Å². The molecule has 8 heteroatoms. The second-order valence-electron chi connectivity index (χ2n) is 4.48. The van der Waals surface area contributed by atoms with Gasteiger partial charge in [-0.1, -0.05) is 6.07 Å². The summed E-state index contributed by atoms with van der Waals surface area (Å²) in [5.41, 5.74) is 0.518. The number of carbonyl (C=O) groups is 1. The Kier molecular flexibility index (Phi) is 5.28. The molecule has 22 heavy (non-hydrogen) atoms. The molecule has 0 spiro atoms. The summed E-state index contributed by atoms with van der Waals surface area (Å²) in [4.78, 5) is 13.1. The van der Waals surface area contributed by atoms with E-state index in [-0.39, 0.29) is 23.2 Å². The van der Waals surface area contributed by atoms with Crippen LogP contribution in [0.2, 0.25) is 0 Å². The fourth-order valence-electron chi connectivity index (χ4n) is 1.87. The van der Waals surface area contributed by atoms with Crippen LogP contribution in [-0.2, 0) is 14.8 Å². The number of nitrogens with one attached hydrogen (secondary N) is 1. The lowest BCUT2D eigenvalue weighted by atomic mass is 10.2. The number of amides is 1. The molecule has 0 saturated heterocycles. The normalized spacial score (nSPS) is 11.4. The highest BCUT2D eigenvalue weighted by Crippen LogP contribution is 2.16. The molecular formula is C14H15FN2O3S2. The minimum absolute atomic E-state index is 0.0667. The summed E-state index contributed by atoms with van der Waals surface area (Å²) in [5, 5.41) is 1.68. The number of anilines is 1. The van der Waals surface area contributed by atoms with Crippen LogP contribution in [-0.4, -0.2) is 27.4 Å². The van der Waals surface area contributed by atoms with Gasteiger partial charge in [0.15, 0.2) is 0 Å². The average molecular weight is 342 g/mol. The number of thiophene rings is 1. The predicted molar refractivity (Wildman–Crippen MR) is 83.9 cm³/mol. The average Bonchev–Trinajstić information content (AvgIpc) is 2.99. The topological polar surface area (TPSA) is 66.5 Å². The third-order valence-electron chi connectivity index (χ3n) is 2.91. The summed E-state index contributed by atoms with van der Waals surface area (Å²) >= 11 is 1.12. The highest BCUT2D eigenvalue weighted by Gasteiger charge is 2.16. The van der Waals surface area contributed by atoms with E-state index in [1.165, 1.54) is 42.2 Å². The summed E-state index contributed by atoms with van der Waals surface area (Å²) < 4.78 is 39.5. The van der Waals surface area contributed by atoms with Gasteiger partial charge in [0.05, 0.1) is 0 Å². The molecule has 1 heterocycles. The first-order valence-corrected chi connectivity index (χ1v) is 8.83. The highest BCUT2D eigenvalue weighted by molar-refractivity contribution is 7.91. The molecule has 0 atom stereocenters. The largest absolute Gasteiger partial charge is 0.311 e. The number of halogens is 1. The summed E-state index contributed by atoms with van der Waals surface area (Å²) in [6, 6.07) is 8.62. The first-order valence-electron chi connectivity index (χ1n) is 6.47. The molecule has 0 fully saturated rings. The second-order valence-corrected chi connectivity index (χ2v) is 7.42. The van der Waals surface area contributed by atoms with Gasteiger partial charge in [0.2, 0.25) is 15.9 Å². The maximum absolute atomic E-state index is 12.9. The van der Waals surface area contributed by atoms with Crippen molar-refractivity contribution in [3.8, 4) is 0 Å². The van der Waals surface area contributed by atoms with Gasteiger partial charge in [-0.25, -0.2) is 17.5 Å². The molecule has 0 bridgehead atoms. The van der Waals surface area contributed by atoms with Crippen LogP contribution in [0.4, 0.5) is 10.1 Å². The molecule has 0 aliphatic rings. The maximum atomic E-state index is 12.9. The van der Waals surface area contributed by atoms with Gasteiger partial charge in [-0.15, -0.1) is 11.3 Å². The molecule has 2 rings (SSSR count). The zero-order chi connectivity index (χ0) is 16.2. The molecule has 0 aliphatic heterocycles. The van der Waals surface area contributed by atoms with Crippen LogP contribution >= 0.6 is 11.3 Å². The van der Waals surface area contributed by atoms with E-state index in [0.717, 1.165) is 11.3 Å². The first kappa shape index (κ1) is 16.6. The van der Waals surface area contributed by atoms with Crippen LogP contribution in [0.5, 0.6) is 0 Å². The SMILES string of the molecule is CC(=O)N(CCNS(=O)(=O)c1cccs1)c1ccc(F)cc1. The van der Waals surface area contributed by atoms with Crippen molar-refractivity contribution in [2.75, 3.05) is 18.0 Å². The van der Waals surface area contributed by atoms with Crippen molar-refractivity contribution in [2.24, 2.45) is 0 Å². The molecule has 0 radical (unpaired) electrons. The van der Waals surface area contributed by atoms with E-state index in [1.54, 1.807) is 11.4 Å². The number of carbonyl (C=O) groups excluding carboxylic acids is 1. The Hall–Kier alpha value is -1.77. The van der Waals surface area contributed by atoms with Crippen molar-refractivity contribution in [2.45, 2.75) is 11.1 Å². The lowest BCUT2D eigenvalue weighted by Gasteiger charge is -2.21. The van der Waals surface area contributed by atoms with E-state index in [9.17, 15) is 17.6 Å². The molecule has 2 aromatic rings. The van der Waals surface area contributed by atoms with E-state index in [4.69, 9.17) is 0 Å². The van der Waals surface area contributed by atoms with Crippen molar-refractivity contribution >= 4 is 33.0 Å². The number of benzene rings is 1. The minimum atomic E-state index is -3.56. The molecule has 0 unspecified atom stereocenters. The summed E-state index contributed by atoms with van der Waals surface area (Å²) in [7, 11) is -3.56. The fraction of sp³-hybridized carbons (Fsp3) is 0.214. The molecule has 1 aromatic carbocycles. The summed E-state index contributed by atoms with van der Waals surface area (Å²) in [6.07, 6.45) is 0. The van der Waals surface area contributed by atoms with Crippen LogP contribution in [0, 0.1) is 5.82 Å². The van der Waals surface area contributed by atoms with Crippen LogP contribution in [0.15, 0.2) is 46.0 Å². The molecule has 1 N–H and O–H groups in total. The Labute approximate surface area is 132 Å². The van der Waals surface area contributed by atoms with E-state index in [2.05, 4.69) is 4.72 Å². The van der Waals surface area contributed by atoms with E-state index >= 15 is 0 Å². The number of sulfonamides is 1. The Morgan fingerprint density at radius 1 is 1.27 bits per heavy atom. The summed E-state index contributed by atoms with van der Waals surface area (Å²) in [6.45, 7) is 1.60. The van der Waals surface area contributed by atoms with Gasteiger partial charge in [-0.05, 0) is 35.7 Å². The van der Waals surface area contributed by atoms with Crippen molar-refractivity contribution in [3.63, 3.8) is 0 Å². The fourth-order valence-corrected chi connectivity index (χ4v) is 3.93. The maximum Gasteiger partial charge on any atom is 0.250 e. The monoisotopic (exact) mass is 342 g/mol. The molecule has 1 amide bonds. The number of hydrogen-bond acceptors (Lipinski definition) is 4. The van der Waals surface area contributed by atoms with Crippen LogP contribution in [0.3, 0.4) is 0 Å². The minimum Gasteiger partial charge on any atom is -0.311 e. The molecule has 1 aromatic heterocycles. The van der Waals surface area contributed by atoms with Crippen molar-refractivity contribution in [1.29, 1.82) is 0 Å². The van der Waals surface area contributed by atoms with Gasteiger partial charge in [-0.2, -0.15) is 0 Å². The molecule has 5 nitrogen and oxygen atoms in total. The molecular weight excluding hydrogens is 327 g/mol. The standard InChI is InChI=1S/C14H15FN2O3S2/c1-11(18)17(13-6-4-12(15)5-7-13)9-8-16-22(19,20)14-3-2-10-21-14/h2-7,10,16H,8-9H2,1H3. The van der Waals surface area contributed by atoms with E-state index in [0.29, 0.717) is 5.69 Å². The summed E-state index contributed by atoms with van der Waals surface area (Å²) in [5.74, 6) is -0.646. The lowest BCUT2D eigenvalue weighted by molar-refractivity contribution is -0.116. The molecule has 0 aliphatic carbocycles. The zero-order valence-corrected chi connectivity index (χ0v) is 13.5. The van der Waals surface area contributed by atoms with Crippen molar-refractivity contribution in [1.82, 2.24) is 4.72 Å². The van der Waals surface area contributed by atoms with Crippen LogP contribution in [0.1, 0.15) is 6.92 Å². The van der Waals surface area contributed by atoms with Gasteiger partial charge >= 0.3 is 0 Å². The quantitative estimate of drug-likeness (QED) is 0.875. The molecule has 0 saturated carbocycles. The smallest absolute Gasteiger partial charge is 0.250 e. The Morgan fingerprint density at radius 3 is 2.50 bits per heavy atom. The third kappa shape index (κ3) is 4.12. The van der Waals surface area contributed by atoms with E-state index < -0.39 is 15.8 Å². The van der Waals surface area contributed by atoms with Crippen molar-refractivity contribution in [3.05, 3.63) is 47.6 Å². The Balaban J connectivity index is 2.01. The predicted octanol–water partition coefficient (Wildman–Crippen LogP) is 2.22. The van der Waals surface area contributed by atoms with Crippen LogP contribution in [0.25, 0.3) is 0 Å². The Morgan fingerprint density at radius 2 is 1.95 bits per heavy atom. The van der Waals surface area contributed by atoms with E-state index in [1.807, 2.05) is 0 Å². The zero-order valence-electron chi connectivity index (χ0n) is 11.8. The number of nitrogens with zero attached hydrogens (tertiary/aromatic N) is 1. The van der Waals surface area contributed by atoms with Crippen molar-refractivity contribution < 1.29 is 17.6 Å². The number of hydrogen-bond donors (Lipinski definition) is 1. The molecule has 118 valence electrons. The highest BCUT2D eigenvalue weighted by atomic mass is 32.2. The van der Waals surface area contributed by atoms with Gasteiger partial charge < -0.3 is 4.90 Å². The van der Waals surface area contributed by atoms with Gasteiger partial charge in [-0.3, -0.25) is 4.79 Å². The Bertz CT molecular complexity index is 728. The number of rotatable bonds is 6. The van der Waals surface area contributed by atoms with Gasteiger partial charge in [0, 0.05) is 25.7 Å². The first-order chi connectivity index (χ1) is 10.4. The lowest BCUT2D eigenvalue weighted by Crippen LogP contribution is -2.37. The van der Waals surface area contributed by atoms with Gasteiger partial charge in [0.25, 0.3) is 0 Å². The third-order valence-corrected chi connectivity index (χ3v) is 5.76. The second kappa shape index (κ2) is 6.99. The van der Waals surface area contributed by atoms with Gasteiger partial charge in [0.1, 0.15) is 10.0 Å².